The molecule has 23 heavy (non-hydrogen) atoms. The highest BCUT2D eigenvalue weighted by Crippen LogP contribution is 2.34. The van der Waals surface area contributed by atoms with Crippen molar-refractivity contribution in [2.24, 2.45) is 5.92 Å². The van der Waals surface area contributed by atoms with E-state index in [2.05, 4.69) is 4.72 Å². The van der Waals surface area contributed by atoms with Gasteiger partial charge in [-0.25, -0.2) is 18.0 Å². The maximum absolute atomic E-state index is 12.3. The quantitative estimate of drug-likeness (QED) is 0.788. The molecule has 0 aliphatic carbocycles. The third-order valence-electron chi connectivity index (χ3n) is 3.43. The molecule has 1 fully saturated rings. The van der Waals surface area contributed by atoms with E-state index < -0.39 is 10.0 Å². The van der Waals surface area contributed by atoms with Crippen molar-refractivity contribution in [3.05, 3.63) is 18.2 Å². The average molecular weight is 340 g/mol. The van der Waals surface area contributed by atoms with Crippen LogP contribution in [0.3, 0.4) is 0 Å². The van der Waals surface area contributed by atoms with Crippen LogP contribution in [0.25, 0.3) is 0 Å². The van der Waals surface area contributed by atoms with Crippen molar-refractivity contribution in [2.45, 2.75) is 31.6 Å². The molecule has 2 amide bonds. The third kappa shape index (κ3) is 3.70. The molecule has 0 spiro atoms. The number of sulfonamides is 1. The van der Waals surface area contributed by atoms with Crippen molar-refractivity contribution in [2.75, 3.05) is 18.6 Å². The first-order valence-corrected chi connectivity index (χ1v) is 8.78. The monoisotopic (exact) mass is 340 g/mol. The van der Waals surface area contributed by atoms with Gasteiger partial charge < -0.3 is 4.74 Å². The average Bonchev–Trinajstić information content (AvgIpc) is 2.83. The highest BCUT2D eigenvalue weighted by molar-refractivity contribution is 7.89. The fourth-order valence-electron chi connectivity index (χ4n) is 2.22. The van der Waals surface area contributed by atoms with Gasteiger partial charge in [-0.05, 0) is 24.1 Å². The minimum atomic E-state index is -3.72. The van der Waals surface area contributed by atoms with Crippen molar-refractivity contribution < 1.29 is 22.7 Å². The van der Waals surface area contributed by atoms with E-state index in [1.54, 1.807) is 0 Å². The molecule has 1 aromatic carbocycles. The minimum Gasteiger partial charge on any atom is -0.495 e. The molecule has 0 unspecified atom stereocenters. The maximum Gasteiger partial charge on any atom is 0.240 e. The van der Waals surface area contributed by atoms with Gasteiger partial charge in [0.1, 0.15) is 5.75 Å². The number of carbonyl (C=O) groups is 2. The highest BCUT2D eigenvalue weighted by atomic mass is 32.2. The van der Waals surface area contributed by atoms with Crippen molar-refractivity contribution in [3.63, 3.8) is 0 Å². The summed E-state index contributed by atoms with van der Waals surface area (Å²) in [6.07, 6.45) is 0.231. The molecule has 8 heteroatoms. The second kappa shape index (κ2) is 6.67. The Morgan fingerprint density at radius 1 is 1.22 bits per heavy atom. The fraction of sp³-hybridized carbons (Fsp3) is 0.467. The van der Waals surface area contributed by atoms with E-state index in [0.717, 1.165) is 4.90 Å². The summed E-state index contributed by atoms with van der Waals surface area (Å²) >= 11 is 0. The van der Waals surface area contributed by atoms with Gasteiger partial charge in [0, 0.05) is 19.4 Å². The predicted octanol–water partition coefficient (Wildman–Crippen LogP) is 1.28. The lowest BCUT2D eigenvalue weighted by atomic mass is 10.2. The lowest BCUT2D eigenvalue weighted by Gasteiger charge is -2.18. The summed E-state index contributed by atoms with van der Waals surface area (Å²) in [5.74, 6) is -0.295. The molecular formula is C15H20N2O5S. The molecule has 1 N–H and O–H groups in total. The molecule has 0 radical (unpaired) electrons. The van der Waals surface area contributed by atoms with Crippen LogP contribution in [0.1, 0.15) is 26.7 Å². The fourth-order valence-corrected chi connectivity index (χ4v) is 3.45. The Bertz CT molecular complexity index is 711. The maximum atomic E-state index is 12.3. The Labute approximate surface area is 135 Å². The van der Waals surface area contributed by atoms with Gasteiger partial charge in [-0.3, -0.25) is 9.59 Å². The van der Waals surface area contributed by atoms with E-state index in [1.807, 2.05) is 13.8 Å². The third-order valence-corrected chi connectivity index (χ3v) is 4.86. The first kappa shape index (κ1) is 17.4. The molecule has 7 nitrogen and oxygen atoms in total. The number of nitrogens with zero attached hydrogens (tertiary/aromatic N) is 1. The van der Waals surface area contributed by atoms with Gasteiger partial charge in [-0.2, -0.15) is 0 Å². The normalized spacial score (nSPS) is 15.6. The highest BCUT2D eigenvalue weighted by Gasteiger charge is 2.33. The summed E-state index contributed by atoms with van der Waals surface area (Å²) in [4.78, 5) is 24.8. The van der Waals surface area contributed by atoms with Crippen molar-refractivity contribution in [1.29, 1.82) is 0 Å². The summed E-state index contributed by atoms with van der Waals surface area (Å²) in [5, 5.41) is 0. The van der Waals surface area contributed by atoms with Crippen LogP contribution >= 0.6 is 0 Å². The first-order chi connectivity index (χ1) is 10.8. The SMILES string of the molecule is COc1ccc(S(=O)(=O)NCC(C)C)cc1N1C(=O)CCC1=O. The van der Waals surface area contributed by atoms with Gasteiger partial charge in [0.15, 0.2) is 0 Å². The summed E-state index contributed by atoms with van der Waals surface area (Å²) in [6, 6.07) is 4.12. The van der Waals surface area contributed by atoms with E-state index in [0.29, 0.717) is 6.54 Å². The Kier molecular flexibility index (Phi) is 5.06. The summed E-state index contributed by atoms with van der Waals surface area (Å²) in [5.41, 5.74) is 0.160. The molecule has 0 bridgehead atoms. The molecule has 1 heterocycles. The van der Waals surface area contributed by atoms with Crippen molar-refractivity contribution >= 4 is 27.5 Å². The molecule has 1 aliphatic rings. The number of amides is 2. The number of imide groups is 1. The van der Waals surface area contributed by atoms with Crippen LogP contribution in [-0.2, 0) is 19.6 Å². The van der Waals surface area contributed by atoms with Crippen molar-refractivity contribution in [3.8, 4) is 5.75 Å². The molecular weight excluding hydrogens is 320 g/mol. The van der Waals surface area contributed by atoms with Gasteiger partial charge in [-0.1, -0.05) is 13.8 Å². The van der Waals surface area contributed by atoms with Crippen LogP contribution in [0.5, 0.6) is 5.75 Å². The van der Waals surface area contributed by atoms with E-state index in [9.17, 15) is 18.0 Å². The number of nitrogens with one attached hydrogen (secondary N) is 1. The van der Waals surface area contributed by atoms with Crippen molar-refractivity contribution in [1.82, 2.24) is 4.72 Å². The largest absolute Gasteiger partial charge is 0.495 e. The van der Waals surface area contributed by atoms with Crippen LogP contribution < -0.4 is 14.4 Å². The standard InChI is InChI=1S/C15H20N2O5S/c1-10(2)9-16-23(20,21)11-4-5-13(22-3)12(8-11)17-14(18)6-7-15(17)19/h4-5,8,10,16H,6-7,9H2,1-3H3. The molecule has 126 valence electrons. The molecule has 0 saturated carbocycles. The van der Waals surface area contributed by atoms with Crippen LogP contribution in [0, 0.1) is 5.92 Å². The Morgan fingerprint density at radius 3 is 2.35 bits per heavy atom. The van der Waals surface area contributed by atoms with Gasteiger partial charge in [0.2, 0.25) is 21.8 Å². The smallest absolute Gasteiger partial charge is 0.240 e. The summed E-state index contributed by atoms with van der Waals surface area (Å²) in [6.45, 7) is 4.08. The van der Waals surface area contributed by atoms with E-state index in [1.165, 1.54) is 25.3 Å². The van der Waals surface area contributed by atoms with E-state index in [-0.39, 0.29) is 46.9 Å². The number of benzene rings is 1. The Balaban J connectivity index is 2.43. The Hall–Kier alpha value is -1.93. The second-order valence-corrected chi connectivity index (χ2v) is 7.47. The second-order valence-electron chi connectivity index (χ2n) is 5.70. The lowest BCUT2D eigenvalue weighted by Crippen LogP contribution is -2.30. The summed E-state index contributed by atoms with van der Waals surface area (Å²) in [7, 11) is -2.32. The lowest BCUT2D eigenvalue weighted by molar-refractivity contribution is -0.121. The van der Waals surface area contributed by atoms with Gasteiger partial charge >= 0.3 is 0 Å². The number of methoxy groups -OCH3 is 1. The zero-order valence-corrected chi connectivity index (χ0v) is 14.1. The minimum absolute atomic E-state index is 0.0125. The number of ether oxygens (including phenoxy) is 1. The van der Waals surface area contributed by atoms with Crippen LogP contribution in [0.15, 0.2) is 23.1 Å². The molecule has 1 aromatic rings. The van der Waals surface area contributed by atoms with E-state index in [4.69, 9.17) is 4.74 Å². The zero-order valence-electron chi connectivity index (χ0n) is 13.3. The Morgan fingerprint density at radius 2 is 1.83 bits per heavy atom. The van der Waals surface area contributed by atoms with Crippen LogP contribution in [0.2, 0.25) is 0 Å². The molecule has 0 aromatic heterocycles. The number of hydrogen-bond donors (Lipinski definition) is 1. The number of rotatable bonds is 6. The topological polar surface area (TPSA) is 92.8 Å². The molecule has 0 atom stereocenters. The van der Waals surface area contributed by atoms with Crippen LogP contribution in [-0.4, -0.2) is 33.9 Å². The number of carbonyl (C=O) groups excluding carboxylic acids is 2. The number of anilines is 1. The molecule has 2 rings (SSSR count). The first-order valence-electron chi connectivity index (χ1n) is 7.29. The van der Waals surface area contributed by atoms with Gasteiger partial charge in [-0.15, -0.1) is 0 Å². The van der Waals surface area contributed by atoms with Gasteiger partial charge in [0.25, 0.3) is 0 Å². The van der Waals surface area contributed by atoms with E-state index >= 15 is 0 Å². The van der Waals surface area contributed by atoms with Crippen LogP contribution in [0.4, 0.5) is 5.69 Å². The zero-order chi connectivity index (χ0) is 17.2. The number of hydrogen-bond acceptors (Lipinski definition) is 5. The summed E-state index contributed by atoms with van der Waals surface area (Å²) < 4.78 is 32.3. The molecule has 1 aliphatic heterocycles. The molecule has 1 saturated heterocycles. The van der Waals surface area contributed by atoms with Gasteiger partial charge in [0.05, 0.1) is 17.7 Å². The predicted molar refractivity (Wildman–Crippen MR) is 84.7 cm³/mol.